The Morgan fingerprint density at radius 2 is 2.00 bits per heavy atom. The molecule has 0 aromatic rings. The first kappa shape index (κ1) is 13.2. The van der Waals surface area contributed by atoms with Crippen LogP contribution in [0.25, 0.3) is 0 Å². The first-order chi connectivity index (χ1) is 7.67. The molecule has 0 atom stereocenters. The van der Waals surface area contributed by atoms with Crippen LogP contribution >= 0.6 is 0 Å². The summed E-state index contributed by atoms with van der Waals surface area (Å²) in [7, 11) is 4.02. The van der Waals surface area contributed by atoms with Gasteiger partial charge in [-0.15, -0.1) is 0 Å². The van der Waals surface area contributed by atoms with Gasteiger partial charge in [-0.2, -0.15) is 5.10 Å². The zero-order chi connectivity index (χ0) is 12.0. The van der Waals surface area contributed by atoms with E-state index in [0.29, 0.717) is 5.92 Å². The zero-order valence-electron chi connectivity index (χ0n) is 11.0. The largest absolute Gasteiger partial charge is 0.306 e. The summed E-state index contributed by atoms with van der Waals surface area (Å²) in [6.07, 6.45) is 3.34. The maximum atomic E-state index is 4.33. The number of hydrogen-bond acceptors (Lipinski definition) is 3. The second kappa shape index (κ2) is 6.63. The van der Waals surface area contributed by atoms with E-state index in [2.05, 4.69) is 34.4 Å². The van der Waals surface area contributed by atoms with Gasteiger partial charge in [-0.1, -0.05) is 6.92 Å². The topological polar surface area (TPSA) is 40.0 Å². The number of nitrogens with zero attached hydrogens (tertiary/aromatic N) is 3. The van der Waals surface area contributed by atoms with Crippen LogP contribution in [-0.2, 0) is 0 Å². The minimum atomic E-state index is 0.551. The summed E-state index contributed by atoms with van der Waals surface area (Å²) in [5, 5.41) is 4.33. The quantitative estimate of drug-likeness (QED) is 0.450. The minimum absolute atomic E-state index is 0.551. The number of piperidine rings is 1. The van der Waals surface area contributed by atoms with E-state index in [-0.39, 0.29) is 0 Å². The summed E-state index contributed by atoms with van der Waals surface area (Å²) >= 11 is 0. The molecule has 0 radical (unpaired) electrons. The van der Waals surface area contributed by atoms with Gasteiger partial charge in [-0.05, 0) is 46.3 Å². The molecule has 0 spiro atoms. The Hall–Kier alpha value is -0.900. The van der Waals surface area contributed by atoms with Crippen molar-refractivity contribution in [3.8, 4) is 0 Å². The Kier molecular flexibility index (Phi) is 5.46. The van der Waals surface area contributed by atoms with Gasteiger partial charge in [0.2, 0.25) is 0 Å². The normalized spacial score (nSPS) is 21.2. The molecule has 0 saturated carbocycles. The van der Waals surface area contributed by atoms with Crippen LogP contribution in [-0.4, -0.2) is 43.6 Å². The van der Waals surface area contributed by atoms with Crippen molar-refractivity contribution in [1.29, 1.82) is 0 Å². The van der Waals surface area contributed by atoms with Crippen molar-refractivity contribution >= 4 is 11.5 Å². The Balaban J connectivity index is 2.49. The molecule has 1 heterocycles. The van der Waals surface area contributed by atoms with Gasteiger partial charge in [-0.25, -0.2) is 0 Å². The number of nitrogens with one attached hydrogen (secondary N) is 1. The average molecular weight is 224 g/mol. The molecule has 0 unspecified atom stereocenters. The molecule has 1 rings (SSSR count). The molecule has 1 aliphatic rings. The number of rotatable bonds is 3. The highest BCUT2D eigenvalue weighted by molar-refractivity contribution is 5.87. The number of likely N-dealkylation sites (tertiary alicyclic amines) is 1. The molecule has 0 aliphatic carbocycles. The summed E-state index contributed by atoms with van der Waals surface area (Å²) in [5.41, 5.74) is 4.24. The number of hydrogen-bond donors (Lipinski definition) is 1. The van der Waals surface area contributed by atoms with Crippen LogP contribution in [0.5, 0.6) is 0 Å². The molecule has 92 valence electrons. The van der Waals surface area contributed by atoms with Crippen molar-refractivity contribution in [3.05, 3.63) is 0 Å². The lowest BCUT2D eigenvalue weighted by Gasteiger charge is -2.29. The third-order valence-corrected chi connectivity index (χ3v) is 3.22. The third kappa shape index (κ3) is 3.93. The lowest BCUT2D eigenvalue weighted by Crippen LogP contribution is -2.37. The van der Waals surface area contributed by atoms with Crippen LogP contribution in [0.1, 0.15) is 33.1 Å². The lowest BCUT2D eigenvalue weighted by molar-refractivity contribution is 0.250. The van der Waals surface area contributed by atoms with Crippen molar-refractivity contribution in [2.24, 2.45) is 16.0 Å². The van der Waals surface area contributed by atoms with E-state index < -0.39 is 0 Å². The third-order valence-electron chi connectivity index (χ3n) is 3.22. The van der Waals surface area contributed by atoms with Gasteiger partial charge in [0.15, 0.2) is 0 Å². The minimum Gasteiger partial charge on any atom is -0.306 e. The lowest BCUT2D eigenvalue weighted by atomic mass is 9.96. The van der Waals surface area contributed by atoms with Gasteiger partial charge < -0.3 is 4.90 Å². The van der Waals surface area contributed by atoms with Gasteiger partial charge in [0, 0.05) is 18.7 Å². The van der Waals surface area contributed by atoms with Crippen molar-refractivity contribution in [2.75, 3.05) is 27.2 Å². The first-order valence-electron chi connectivity index (χ1n) is 6.11. The predicted octanol–water partition coefficient (Wildman–Crippen LogP) is 1.73. The second-order valence-electron chi connectivity index (χ2n) is 4.50. The molecule has 16 heavy (non-hydrogen) atoms. The van der Waals surface area contributed by atoms with Gasteiger partial charge in [-0.3, -0.25) is 10.4 Å². The smallest absolute Gasteiger partial charge is 0.119 e. The van der Waals surface area contributed by atoms with Gasteiger partial charge in [0.25, 0.3) is 0 Å². The van der Waals surface area contributed by atoms with Crippen molar-refractivity contribution in [2.45, 2.75) is 33.1 Å². The Morgan fingerprint density at radius 1 is 1.38 bits per heavy atom. The van der Waals surface area contributed by atoms with Crippen LogP contribution < -0.4 is 5.43 Å². The molecule has 4 nitrogen and oxygen atoms in total. The highest BCUT2D eigenvalue weighted by Gasteiger charge is 2.20. The van der Waals surface area contributed by atoms with Gasteiger partial charge >= 0.3 is 0 Å². The van der Waals surface area contributed by atoms with Gasteiger partial charge in [0.05, 0.1) is 0 Å². The Labute approximate surface area is 98.8 Å². The zero-order valence-corrected chi connectivity index (χ0v) is 11.0. The maximum Gasteiger partial charge on any atom is 0.119 e. The first-order valence-corrected chi connectivity index (χ1v) is 6.11. The molecule has 4 heteroatoms. The average Bonchev–Trinajstić information content (AvgIpc) is 2.31. The maximum absolute atomic E-state index is 4.33. The van der Waals surface area contributed by atoms with E-state index >= 15 is 0 Å². The van der Waals surface area contributed by atoms with Crippen LogP contribution in [0.4, 0.5) is 0 Å². The van der Waals surface area contributed by atoms with E-state index in [9.17, 15) is 0 Å². The molecular formula is C12H24N4. The molecular weight excluding hydrogens is 200 g/mol. The molecule has 1 saturated heterocycles. The summed E-state index contributed by atoms with van der Waals surface area (Å²) in [5.74, 6) is 1.59. The summed E-state index contributed by atoms with van der Waals surface area (Å²) in [4.78, 5) is 6.69. The van der Waals surface area contributed by atoms with Crippen LogP contribution in [0.3, 0.4) is 0 Å². The Bertz CT molecular complexity index is 262. The van der Waals surface area contributed by atoms with Crippen molar-refractivity contribution < 1.29 is 0 Å². The van der Waals surface area contributed by atoms with E-state index in [1.807, 2.05) is 14.0 Å². The molecule has 0 bridgehead atoms. The number of amidine groups is 1. The van der Waals surface area contributed by atoms with Crippen molar-refractivity contribution in [3.63, 3.8) is 0 Å². The molecule has 1 aliphatic heterocycles. The van der Waals surface area contributed by atoms with Crippen molar-refractivity contribution in [1.82, 2.24) is 10.3 Å². The van der Waals surface area contributed by atoms with E-state index in [1.54, 1.807) is 0 Å². The summed E-state index contributed by atoms with van der Waals surface area (Å²) in [6.45, 7) is 6.46. The van der Waals surface area contributed by atoms with Gasteiger partial charge in [0.1, 0.15) is 5.84 Å². The highest BCUT2D eigenvalue weighted by Crippen LogP contribution is 2.16. The van der Waals surface area contributed by atoms with Crippen LogP contribution in [0, 0.1) is 5.92 Å². The molecule has 0 amide bonds. The van der Waals surface area contributed by atoms with Crippen LogP contribution in [0.2, 0.25) is 0 Å². The number of aliphatic imine (C=N–C) groups is 1. The molecule has 0 aromatic heterocycles. The number of hydrazone groups is 1. The summed E-state index contributed by atoms with van der Waals surface area (Å²) in [6, 6.07) is 0. The van der Waals surface area contributed by atoms with E-state index in [4.69, 9.17) is 0 Å². The molecule has 1 N–H and O–H groups in total. The SMILES string of the molecule is CCC(C)=NNC(=NC)C1CCN(C)CC1. The van der Waals surface area contributed by atoms with E-state index in [1.165, 1.54) is 12.8 Å². The molecule has 1 fully saturated rings. The highest BCUT2D eigenvalue weighted by atomic mass is 15.3. The van der Waals surface area contributed by atoms with Crippen LogP contribution in [0.15, 0.2) is 10.1 Å². The Morgan fingerprint density at radius 3 is 2.50 bits per heavy atom. The standard InChI is InChI=1S/C12H24N4/c1-5-10(2)14-15-12(13-3)11-6-8-16(4)9-7-11/h11H,5-9H2,1-4H3,(H,13,15). The van der Waals surface area contributed by atoms with E-state index in [0.717, 1.165) is 31.1 Å². The predicted molar refractivity (Wildman–Crippen MR) is 70.1 cm³/mol. The fourth-order valence-electron chi connectivity index (χ4n) is 1.84. The fraction of sp³-hybridized carbons (Fsp3) is 0.833. The second-order valence-corrected chi connectivity index (χ2v) is 4.50. The monoisotopic (exact) mass is 224 g/mol. The summed E-state index contributed by atoms with van der Waals surface area (Å²) < 4.78 is 0. The fourth-order valence-corrected chi connectivity index (χ4v) is 1.84. The molecule has 0 aromatic carbocycles.